The van der Waals surface area contributed by atoms with E-state index >= 15 is 0 Å². The van der Waals surface area contributed by atoms with Crippen molar-refractivity contribution in [2.24, 2.45) is 5.92 Å². The third-order valence-electron chi connectivity index (χ3n) is 4.72. The molecule has 1 heterocycles. The normalized spacial score (nSPS) is 15.2. The predicted octanol–water partition coefficient (Wildman–Crippen LogP) is 4.03. The summed E-state index contributed by atoms with van der Waals surface area (Å²) in [6.07, 6.45) is 9.50. The molecular formula is C23H22F2N2O4S. The lowest BCUT2D eigenvalue weighted by Crippen LogP contribution is -2.35. The van der Waals surface area contributed by atoms with Crippen LogP contribution in [0.1, 0.15) is 41.4 Å². The van der Waals surface area contributed by atoms with Gasteiger partial charge >= 0.3 is 0 Å². The van der Waals surface area contributed by atoms with E-state index in [0.717, 1.165) is 30.6 Å². The Morgan fingerprint density at radius 1 is 1.34 bits per heavy atom. The van der Waals surface area contributed by atoms with Crippen molar-refractivity contribution in [3.63, 3.8) is 0 Å². The summed E-state index contributed by atoms with van der Waals surface area (Å²) in [7, 11) is -3.39. The number of terminal acetylenes is 1. The van der Waals surface area contributed by atoms with Gasteiger partial charge in [-0.25, -0.2) is 13.4 Å². The van der Waals surface area contributed by atoms with Crippen LogP contribution in [0.2, 0.25) is 0 Å². The number of carbonyl (C=O) groups is 1. The minimum Gasteiger partial charge on any atom is -0.438 e. The lowest BCUT2D eigenvalue weighted by atomic mass is 10.1. The Balaban J connectivity index is 2.01. The summed E-state index contributed by atoms with van der Waals surface area (Å²) in [4.78, 5) is 17.0. The van der Waals surface area contributed by atoms with Crippen molar-refractivity contribution in [2.75, 3.05) is 6.26 Å². The summed E-state index contributed by atoms with van der Waals surface area (Å²) in [5, 5.41) is 3.77. The summed E-state index contributed by atoms with van der Waals surface area (Å²) in [6.45, 7) is 0.654. The molecule has 1 fully saturated rings. The molecular weight excluding hydrogens is 438 g/mol. The SMILES string of the molecule is C#Cc1cc(C(=O)N[C@H](/C=C/S(C)(=O)=O)C2CC2)c(Oc2ccccc2)nc1C(C)(F)F. The fourth-order valence-corrected chi connectivity index (χ4v) is 3.47. The van der Waals surface area contributed by atoms with Gasteiger partial charge in [-0.2, -0.15) is 8.78 Å². The van der Waals surface area contributed by atoms with Gasteiger partial charge in [-0.1, -0.05) is 30.2 Å². The number of hydrogen-bond acceptors (Lipinski definition) is 5. The van der Waals surface area contributed by atoms with Crippen LogP contribution in [0.5, 0.6) is 11.6 Å². The number of halogens is 2. The molecule has 6 nitrogen and oxygen atoms in total. The average molecular weight is 461 g/mol. The average Bonchev–Trinajstić information content (AvgIpc) is 3.55. The first-order chi connectivity index (χ1) is 15.0. The third-order valence-corrected chi connectivity index (χ3v) is 5.37. The number of hydrogen-bond donors (Lipinski definition) is 1. The first kappa shape index (κ1) is 23.4. The van der Waals surface area contributed by atoms with Crippen molar-refractivity contribution in [3.05, 3.63) is 64.7 Å². The Kier molecular flexibility index (Phi) is 6.65. The van der Waals surface area contributed by atoms with E-state index in [1.807, 2.05) is 0 Å². The zero-order valence-electron chi connectivity index (χ0n) is 17.5. The van der Waals surface area contributed by atoms with Crippen molar-refractivity contribution < 1.29 is 26.7 Å². The standard InChI is InChI=1S/C23H22F2N2O4S/c1-4-15-14-18(21(28)26-19(16-10-11-16)12-13-32(3,29)30)22(27-20(15)23(2,24)25)31-17-8-6-5-7-9-17/h1,5-9,12-14,16,19H,10-11H2,2-3H3,(H,26,28)/b13-12+/t19-/m1/s1. The third kappa shape index (κ3) is 6.14. The highest BCUT2D eigenvalue weighted by Gasteiger charge is 2.34. The number of sulfone groups is 1. The van der Waals surface area contributed by atoms with Gasteiger partial charge in [0, 0.05) is 18.6 Å². The van der Waals surface area contributed by atoms with Crippen LogP contribution in [0, 0.1) is 18.3 Å². The van der Waals surface area contributed by atoms with Crippen LogP contribution >= 0.6 is 0 Å². The van der Waals surface area contributed by atoms with Crippen LogP contribution in [-0.4, -0.2) is 31.6 Å². The van der Waals surface area contributed by atoms with E-state index in [1.165, 1.54) is 6.08 Å². The number of carbonyl (C=O) groups excluding carboxylic acids is 1. The van der Waals surface area contributed by atoms with Crippen LogP contribution in [0.4, 0.5) is 8.78 Å². The summed E-state index contributed by atoms with van der Waals surface area (Å²) >= 11 is 0. The summed E-state index contributed by atoms with van der Waals surface area (Å²) in [5.74, 6) is -1.83. The largest absolute Gasteiger partial charge is 0.438 e. The van der Waals surface area contributed by atoms with E-state index in [2.05, 4.69) is 16.2 Å². The summed E-state index contributed by atoms with van der Waals surface area (Å²) in [6, 6.07) is 8.86. The molecule has 32 heavy (non-hydrogen) atoms. The van der Waals surface area contributed by atoms with Crippen LogP contribution in [-0.2, 0) is 15.8 Å². The smallest absolute Gasteiger partial charge is 0.288 e. The van der Waals surface area contributed by atoms with Crippen LogP contribution in [0.15, 0.2) is 47.9 Å². The number of alkyl halides is 2. The second-order valence-corrected chi connectivity index (χ2v) is 9.61. The highest BCUT2D eigenvalue weighted by molar-refractivity contribution is 7.93. The summed E-state index contributed by atoms with van der Waals surface area (Å²) in [5.41, 5.74) is -1.05. The molecule has 0 saturated heterocycles. The Labute approximate surface area is 185 Å². The van der Waals surface area contributed by atoms with Crippen molar-refractivity contribution >= 4 is 15.7 Å². The zero-order valence-corrected chi connectivity index (χ0v) is 18.3. The number of aromatic nitrogens is 1. The van der Waals surface area contributed by atoms with Gasteiger partial charge in [0.05, 0.1) is 11.6 Å². The number of ether oxygens (including phenoxy) is 1. The number of rotatable bonds is 8. The maximum Gasteiger partial charge on any atom is 0.288 e. The van der Waals surface area contributed by atoms with Crippen molar-refractivity contribution in [1.82, 2.24) is 10.3 Å². The number of amides is 1. The number of benzene rings is 1. The van der Waals surface area contributed by atoms with Gasteiger partial charge in [0.1, 0.15) is 17.0 Å². The highest BCUT2D eigenvalue weighted by atomic mass is 32.2. The van der Waals surface area contributed by atoms with Crippen molar-refractivity contribution in [2.45, 2.75) is 31.7 Å². The molecule has 1 saturated carbocycles. The van der Waals surface area contributed by atoms with E-state index in [-0.39, 0.29) is 22.9 Å². The maximum atomic E-state index is 14.1. The molecule has 0 aliphatic heterocycles. The molecule has 1 aromatic carbocycles. The second kappa shape index (κ2) is 9.09. The molecule has 1 aliphatic carbocycles. The molecule has 1 N–H and O–H groups in total. The molecule has 168 valence electrons. The van der Waals surface area contributed by atoms with E-state index in [1.54, 1.807) is 30.3 Å². The number of pyridine rings is 1. The van der Waals surface area contributed by atoms with Gasteiger partial charge in [0.2, 0.25) is 5.88 Å². The highest BCUT2D eigenvalue weighted by Crippen LogP contribution is 2.35. The Hall–Kier alpha value is -3.25. The van der Waals surface area contributed by atoms with Gasteiger partial charge in [-0.05, 0) is 37.0 Å². The molecule has 1 amide bonds. The molecule has 0 spiro atoms. The first-order valence-electron chi connectivity index (χ1n) is 9.80. The maximum absolute atomic E-state index is 14.1. The Morgan fingerprint density at radius 2 is 2.00 bits per heavy atom. The summed E-state index contributed by atoms with van der Waals surface area (Å²) < 4.78 is 56.8. The van der Waals surface area contributed by atoms with Crippen LogP contribution in [0.25, 0.3) is 0 Å². The number of nitrogens with zero attached hydrogens (tertiary/aromatic N) is 1. The van der Waals surface area contributed by atoms with Gasteiger partial charge < -0.3 is 10.1 Å². The second-order valence-electron chi connectivity index (χ2n) is 7.68. The fourth-order valence-electron chi connectivity index (χ4n) is 3.02. The van der Waals surface area contributed by atoms with E-state index in [0.29, 0.717) is 12.7 Å². The van der Waals surface area contributed by atoms with Crippen LogP contribution < -0.4 is 10.1 Å². The topological polar surface area (TPSA) is 85.4 Å². The van der Waals surface area contributed by atoms with Crippen molar-refractivity contribution in [3.8, 4) is 24.0 Å². The number of nitrogens with one attached hydrogen (secondary N) is 1. The fraction of sp³-hybridized carbons (Fsp3) is 0.304. The van der Waals surface area contributed by atoms with Gasteiger partial charge in [-0.3, -0.25) is 4.79 Å². The van der Waals surface area contributed by atoms with Gasteiger partial charge in [0.15, 0.2) is 9.84 Å². The Bertz CT molecular complexity index is 1180. The molecule has 9 heteroatoms. The lowest BCUT2D eigenvalue weighted by molar-refractivity contribution is 0.0119. The molecule has 0 unspecified atom stereocenters. The Morgan fingerprint density at radius 3 is 2.53 bits per heavy atom. The minimum atomic E-state index is -3.39. The van der Waals surface area contributed by atoms with E-state index in [4.69, 9.17) is 11.2 Å². The van der Waals surface area contributed by atoms with Crippen molar-refractivity contribution in [1.29, 1.82) is 0 Å². The lowest BCUT2D eigenvalue weighted by Gasteiger charge is -2.19. The molecule has 1 atom stereocenters. The zero-order chi connectivity index (χ0) is 23.5. The van der Waals surface area contributed by atoms with Crippen LogP contribution in [0.3, 0.4) is 0 Å². The molecule has 1 aliphatic rings. The molecule has 0 bridgehead atoms. The molecule has 0 radical (unpaired) electrons. The molecule has 1 aromatic heterocycles. The van der Waals surface area contributed by atoms with Gasteiger partial charge in [0.25, 0.3) is 11.8 Å². The minimum absolute atomic E-state index is 0.0785. The molecule has 2 aromatic rings. The monoisotopic (exact) mass is 460 g/mol. The quantitative estimate of drug-likeness (QED) is 0.601. The predicted molar refractivity (Wildman–Crippen MR) is 116 cm³/mol. The van der Waals surface area contributed by atoms with E-state index in [9.17, 15) is 22.0 Å². The van der Waals surface area contributed by atoms with E-state index < -0.39 is 33.4 Å². The number of para-hydroxylation sites is 1. The van der Waals surface area contributed by atoms with Gasteiger partial charge in [-0.15, -0.1) is 6.42 Å². The first-order valence-corrected chi connectivity index (χ1v) is 11.8. The molecule has 3 rings (SSSR count).